The minimum atomic E-state index is 0.378. The van der Waals surface area contributed by atoms with Gasteiger partial charge in [0.05, 0.1) is 13.2 Å². The smallest absolute Gasteiger partial charge is 0.228 e. The number of nitrogens with zero attached hydrogens (tertiary/aromatic N) is 8. The zero-order valence-electron chi connectivity index (χ0n) is 20.8. The van der Waals surface area contributed by atoms with Crippen LogP contribution in [0.25, 0.3) is 11.0 Å². The highest BCUT2D eigenvalue weighted by Crippen LogP contribution is 2.30. The summed E-state index contributed by atoms with van der Waals surface area (Å²) in [6, 6.07) is 2.22. The van der Waals surface area contributed by atoms with Gasteiger partial charge in [0.25, 0.3) is 0 Å². The van der Waals surface area contributed by atoms with Gasteiger partial charge in [-0.05, 0) is 45.8 Å². The number of likely N-dealkylation sites (tertiary alicyclic amines) is 1. The van der Waals surface area contributed by atoms with Crippen molar-refractivity contribution in [2.45, 2.75) is 52.2 Å². The lowest BCUT2D eigenvalue weighted by Crippen LogP contribution is -2.49. The molecule has 0 spiro atoms. The molecule has 188 valence electrons. The molecule has 0 unspecified atom stereocenters. The van der Waals surface area contributed by atoms with Crippen LogP contribution >= 0.6 is 0 Å². The predicted octanol–water partition coefficient (Wildman–Crippen LogP) is 2.18. The third-order valence-corrected chi connectivity index (χ3v) is 6.60. The number of hydrogen-bond acceptors (Lipinski definition) is 10. The summed E-state index contributed by atoms with van der Waals surface area (Å²) in [5, 5.41) is 12.0. The summed E-state index contributed by atoms with van der Waals surface area (Å²) in [6.07, 6.45) is 7.04. The van der Waals surface area contributed by atoms with E-state index < -0.39 is 0 Å². The van der Waals surface area contributed by atoms with Crippen molar-refractivity contribution in [2.75, 3.05) is 56.2 Å². The summed E-state index contributed by atoms with van der Waals surface area (Å²) >= 11 is 0. The first-order chi connectivity index (χ1) is 17.2. The molecular weight excluding hydrogens is 444 g/mol. The van der Waals surface area contributed by atoms with Gasteiger partial charge in [-0.15, -0.1) is 0 Å². The molecule has 2 fully saturated rings. The minimum absolute atomic E-state index is 0.378. The van der Waals surface area contributed by atoms with Crippen molar-refractivity contribution < 1.29 is 4.74 Å². The van der Waals surface area contributed by atoms with E-state index >= 15 is 0 Å². The number of ether oxygens (including phenoxy) is 1. The molecule has 11 nitrogen and oxygen atoms in total. The van der Waals surface area contributed by atoms with Crippen LogP contribution in [-0.2, 0) is 17.8 Å². The zero-order valence-corrected chi connectivity index (χ0v) is 20.8. The second kappa shape index (κ2) is 11.2. The van der Waals surface area contributed by atoms with E-state index in [-0.39, 0.29) is 0 Å². The summed E-state index contributed by atoms with van der Waals surface area (Å²) in [5.41, 5.74) is 2.79. The number of aromatic nitrogens is 6. The molecule has 0 bridgehead atoms. The van der Waals surface area contributed by atoms with E-state index in [9.17, 15) is 0 Å². The summed E-state index contributed by atoms with van der Waals surface area (Å²) in [6.45, 7) is 11.7. The van der Waals surface area contributed by atoms with Gasteiger partial charge in [-0.25, -0.2) is 15.0 Å². The standard InChI is InChI=1S/C24H36N10O/c1-3-35-14-13-34-22-21(19(31-34)16-32-10-5-4-6-11-32)29-24(33-12-9-26-18(2)15-33)30-23(22)28-20-7-8-25-17-27-20/h7-8,17-18,26H,3-6,9-16H2,1-2H3,(H,25,27,28,29,30)/t18-/m0/s1. The molecule has 1 atom stereocenters. The quantitative estimate of drug-likeness (QED) is 0.442. The van der Waals surface area contributed by atoms with E-state index in [1.807, 2.05) is 17.7 Å². The largest absolute Gasteiger partial charge is 0.380 e. The molecule has 2 aliphatic heterocycles. The molecule has 2 aliphatic rings. The molecule has 3 aromatic heterocycles. The molecule has 0 aromatic carbocycles. The third-order valence-electron chi connectivity index (χ3n) is 6.60. The van der Waals surface area contributed by atoms with Crippen LogP contribution in [0.4, 0.5) is 17.6 Å². The van der Waals surface area contributed by atoms with Gasteiger partial charge >= 0.3 is 0 Å². The van der Waals surface area contributed by atoms with Crippen molar-refractivity contribution in [3.8, 4) is 0 Å². The van der Waals surface area contributed by atoms with Crippen molar-refractivity contribution in [2.24, 2.45) is 0 Å². The fraction of sp³-hybridized carbons (Fsp3) is 0.625. The van der Waals surface area contributed by atoms with Crippen LogP contribution in [-0.4, -0.2) is 86.6 Å². The highest BCUT2D eigenvalue weighted by atomic mass is 16.5. The van der Waals surface area contributed by atoms with Gasteiger partial charge in [-0.2, -0.15) is 10.1 Å². The first kappa shape index (κ1) is 23.8. The number of rotatable bonds is 9. The van der Waals surface area contributed by atoms with Gasteiger partial charge in [0.15, 0.2) is 5.82 Å². The Morgan fingerprint density at radius 2 is 2.06 bits per heavy atom. The Balaban J connectivity index is 1.59. The molecule has 0 amide bonds. The number of piperidine rings is 1. The van der Waals surface area contributed by atoms with E-state index in [2.05, 4.69) is 37.3 Å². The molecule has 5 rings (SSSR count). The van der Waals surface area contributed by atoms with Crippen molar-refractivity contribution in [3.63, 3.8) is 0 Å². The molecular formula is C24H36N10O. The summed E-state index contributed by atoms with van der Waals surface area (Å²) in [7, 11) is 0. The van der Waals surface area contributed by atoms with E-state index in [0.717, 1.165) is 61.9 Å². The number of nitrogens with one attached hydrogen (secondary N) is 2. The number of fused-ring (bicyclic) bond motifs is 1. The molecule has 2 N–H and O–H groups in total. The van der Waals surface area contributed by atoms with Gasteiger partial charge in [-0.3, -0.25) is 9.58 Å². The maximum absolute atomic E-state index is 5.67. The summed E-state index contributed by atoms with van der Waals surface area (Å²) in [5.74, 6) is 2.13. The number of anilines is 3. The Kier molecular flexibility index (Phi) is 7.65. The summed E-state index contributed by atoms with van der Waals surface area (Å²) < 4.78 is 7.66. The van der Waals surface area contributed by atoms with E-state index in [1.165, 1.54) is 25.6 Å². The Morgan fingerprint density at radius 3 is 2.83 bits per heavy atom. The van der Waals surface area contributed by atoms with Crippen LogP contribution in [0.2, 0.25) is 0 Å². The van der Waals surface area contributed by atoms with Gasteiger partial charge in [-0.1, -0.05) is 6.42 Å². The van der Waals surface area contributed by atoms with Crippen LogP contribution in [0.5, 0.6) is 0 Å². The zero-order chi connectivity index (χ0) is 24.0. The summed E-state index contributed by atoms with van der Waals surface area (Å²) in [4.78, 5) is 23.3. The van der Waals surface area contributed by atoms with Gasteiger partial charge in [0.1, 0.15) is 28.9 Å². The fourth-order valence-corrected chi connectivity index (χ4v) is 4.85. The van der Waals surface area contributed by atoms with Gasteiger partial charge in [0, 0.05) is 45.0 Å². The monoisotopic (exact) mass is 480 g/mol. The van der Waals surface area contributed by atoms with Crippen LogP contribution < -0.4 is 15.5 Å². The highest BCUT2D eigenvalue weighted by Gasteiger charge is 2.25. The van der Waals surface area contributed by atoms with Crippen LogP contribution in [0, 0.1) is 0 Å². The van der Waals surface area contributed by atoms with Crippen LogP contribution in [0.3, 0.4) is 0 Å². The van der Waals surface area contributed by atoms with Crippen molar-refractivity contribution in [1.82, 2.24) is 39.9 Å². The SMILES string of the molecule is CCOCCn1nc(CN2CCCCC2)c2nc(N3CCN[C@@H](C)C3)nc(Nc3ccncn3)c21. The lowest BCUT2D eigenvalue weighted by Gasteiger charge is -2.32. The Hall–Kier alpha value is -2.89. The average molecular weight is 481 g/mol. The number of hydrogen-bond donors (Lipinski definition) is 2. The second-order valence-electron chi connectivity index (χ2n) is 9.29. The van der Waals surface area contributed by atoms with Gasteiger partial charge < -0.3 is 20.3 Å². The third kappa shape index (κ3) is 5.68. The van der Waals surface area contributed by atoms with Crippen molar-refractivity contribution >= 4 is 28.6 Å². The minimum Gasteiger partial charge on any atom is -0.380 e. The molecule has 3 aromatic rings. The maximum Gasteiger partial charge on any atom is 0.228 e. The van der Waals surface area contributed by atoms with Crippen LogP contribution in [0.15, 0.2) is 18.6 Å². The van der Waals surface area contributed by atoms with Crippen molar-refractivity contribution in [3.05, 3.63) is 24.3 Å². The molecule has 5 heterocycles. The predicted molar refractivity (Wildman–Crippen MR) is 136 cm³/mol. The highest BCUT2D eigenvalue weighted by molar-refractivity contribution is 5.90. The van der Waals surface area contributed by atoms with Crippen molar-refractivity contribution in [1.29, 1.82) is 0 Å². The Morgan fingerprint density at radius 1 is 1.17 bits per heavy atom. The Bertz CT molecular complexity index is 1100. The maximum atomic E-state index is 5.67. The van der Waals surface area contributed by atoms with E-state index in [0.29, 0.717) is 37.4 Å². The first-order valence-corrected chi connectivity index (χ1v) is 12.8. The molecule has 11 heteroatoms. The van der Waals surface area contributed by atoms with E-state index in [1.54, 1.807) is 6.20 Å². The number of piperazine rings is 1. The average Bonchev–Trinajstić information content (AvgIpc) is 3.23. The topological polar surface area (TPSA) is 109 Å². The van der Waals surface area contributed by atoms with Crippen LogP contribution in [0.1, 0.15) is 38.8 Å². The van der Waals surface area contributed by atoms with Gasteiger partial charge in [0.2, 0.25) is 5.95 Å². The fourth-order valence-electron chi connectivity index (χ4n) is 4.85. The lowest BCUT2D eigenvalue weighted by atomic mass is 10.1. The molecule has 0 saturated carbocycles. The molecule has 0 radical (unpaired) electrons. The molecule has 35 heavy (non-hydrogen) atoms. The second-order valence-corrected chi connectivity index (χ2v) is 9.29. The first-order valence-electron chi connectivity index (χ1n) is 12.8. The lowest BCUT2D eigenvalue weighted by molar-refractivity contribution is 0.137. The van der Waals surface area contributed by atoms with E-state index in [4.69, 9.17) is 19.8 Å². The molecule has 2 saturated heterocycles. The Labute approximate surface area is 206 Å². The normalized spacial score (nSPS) is 19.4. The molecule has 0 aliphatic carbocycles.